The molecule has 3 N–H and O–H groups in total. The predicted molar refractivity (Wildman–Crippen MR) is 158 cm³/mol. The molecule has 3 unspecified atom stereocenters. The lowest BCUT2D eigenvalue weighted by Gasteiger charge is -2.32. The van der Waals surface area contributed by atoms with E-state index in [2.05, 4.69) is 55.7 Å². The molecule has 1 heterocycles. The summed E-state index contributed by atoms with van der Waals surface area (Å²) in [7, 11) is 0. The molecule has 3 atom stereocenters. The lowest BCUT2D eigenvalue weighted by molar-refractivity contribution is -0.00159. The van der Waals surface area contributed by atoms with Crippen molar-refractivity contribution in [2.75, 3.05) is 6.61 Å². The third-order valence-corrected chi connectivity index (χ3v) is 7.24. The first-order chi connectivity index (χ1) is 18.3. The van der Waals surface area contributed by atoms with E-state index in [-0.39, 0.29) is 17.3 Å². The van der Waals surface area contributed by atoms with Crippen molar-refractivity contribution in [3.05, 3.63) is 83.6 Å². The van der Waals surface area contributed by atoms with Gasteiger partial charge in [0.2, 0.25) is 0 Å². The summed E-state index contributed by atoms with van der Waals surface area (Å²) in [5, 5.41) is 9.55. The zero-order chi connectivity index (χ0) is 27.4. The summed E-state index contributed by atoms with van der Waals surface area (Å²) in [5.74, 6) is 6.99. The molecule has 0 saturated carbocycles. The Labute approximate surface area is 229 Å². The molecule has 1 spiro atoms. The maximum absolute atomic E-state index is 9.55. The number of allylic oxidation sites excluding steroid dienone is 2. The van der Waals surface area contributed by atoms with Gasteiger partial charge in [-0.2, -0.15) is 0 Å². The van der Waals surface area contributed by atoms with Crippen molar-refractivity contribution >= 4 is 5.57 Å². The second-order valence-electron chi connectivity index (χ2n) is 10.6. The van der Waals surface area contributed by atoms with Crippen molar-refractivity contribution in [1.29, 1.82) is 0 Å². The highest BCUT2D eigenvalue weighted by Crippen LogP contribution is 2.41. The van der Waals surface area contributed by atoms with Gasteiger partial charge in [-0.3, -0.25) is 0 Å². The van der Waals surface area contributed by atoms with Gasteiger partial charge in [-0.1, -0.05) is 62.3 Å². The van der Waals surface area contributed by atoms with Crippen LogP contribution in [0.2, 0.25) is 0 Å². The number of hydrogen-bond donors (Lipinski definition) is 2. The minimum absolute atomic E-state index is 0.0548. The van der Waals surface area contributed by atoms with Crippen LogP contribution in [0.25, 0.3) is 5.57 Å². The van der Waals surface area contributed by atoms with E-state index in [9.17, 15) is 5.11 Å². The molecule has 38 heavy (non-hydrogen) atoms. The summed E-state index contributed by atoms with van der Waals surface area (Å²) in [4.78, 5) is 0. The SMILES string of the molecule is C=C(O)CC(C#CC)c1ccc(OCc2cccc(C3=CCC4(CCCO4)CC3)c2)cc1.CCCC(C)N. The van der Waals surface area contributed by atoms with Crippen molar-refractivity contribution in [3.8, 4) is 17.6 Å². The first-order valence-electron chi connectivity index (χ1n) is 14.0. The zero-order valence-electron chi connectivity index (χ0n) is 23.5. The van der Waals surface area contributed by atoms with Gasteiger partial charge < -0.3 is 20.3 Å². The van der Waals surface area contributed by atoms with Crippen LogP contribution in [0.1, 0.15) is 94.7 Å². The van der Waals surface area contributed by atoms with Gasteiger partial charge in [0.25, 0.3) is 0 Å². The van der Waals surface area contributed by atoms with Crippen molar-refractivity contribution in [2.45, 2.75) is 96.3 Å². The van der Waals surface area contributed by atoms with Crippen LogP contribution in [-0.2, 0) is 11.3 Å². The molecule has 4 rings (SSSR count). The fourth-order valence-corrected chi connectivity index (χ4v) is 5.19. The van der Waals surface area contributed by atoms with Gasteiger partial charge in [-0.25, -0.2) is 0 Å². The highest BCUT2D eigenvalue weighted by molar-refractivity contribution is 5.67. The van der Waals surface area contributed by atoms with E-state index < -0.39 is 0 Å². The van der Waals surface area contributed by atoms with E-state index in [1.54, 1.807) is 0 Å². The molecule has 0 aromatic heterocycles. The van der Waals surface area contributed by atoms with Crippen LogP contribution in [0.15, 0.2) is 66.9 Å². The second kappa shape index (κ2) is 14.8. The van der Waals surface area contributed by atoms with E-state index in [1.807, 2.05) is 38.1 Å². The molecule has 0 bridgehead atoms. The maximum atomic E-state index is 9.55. The molecule has 1 aliphatic carbocycles. The Bertz CT molecular complexity index is 1110. The van der Waals surface area contributed by atoms with Crippen LogP contribution in [-0.4, -0.2) is 23.4 Å². The van der Waals surface area contributed by atoms with Crippen molar-refractivity contribution in [3.63, 3.8) is 0 Å². The van der Waals surface area contributed by atoms with E-state index in [1.165, 1.54) is 30.4 Å². The molecule has 1 aliphatic heterocycles. The Kier molecular flexibility index (Phi) is 11.5. The number of hydrogen-bond acceptors (Lipinski definition) is 4. The second-order valence-corrected chi connectivity index (χ2v) is 10.6. The Morgan fingerprint density at radius 1 is 1.21 bits per heavy atom. The number of aliphatic hydroxyl groups excluding tert-OH is 1. The molecule has 2 aliphatic rings. The molecule has 2 aromatic carbocycles. The van der Waals surface area contributed by atoms with Crippen molar-refractivity contribution in [1.82, 2.24) is 0 Å². The highest BCUT2D eigenvalue weighted by Gasteiger charge is 2.36. The minimum atomic E-state index is -0.0548. The zero-order valence-corrected chi connectivity index (χ0v) is 23.5. The molecule has 1 fully saturated rings. The molecular formula is C34H45NO3. The lowest BCUT2D eigenvalue weighted by atomic mass is 9.81. The molecule has 0 amide bonds. The van der Waals surface area contributed by atoms with Crippen LogP contribution >= 0.6 is 0 Å². The number of rotatable bonds is 9. The van der Waals surface area contributed by atoms with E-state index in [0.717, 1.165) is 49.2 Å². The fraction of sp³-hybridized carbons (Fsp3) is 0.471. The topological polar surface area (TPSA) is 64.7 Å². The van der Waals surface area contributed by atoms with Gasteiger partial charge in [-0.05, 0) is 92.8 Å². The third kappa shape index (κ3) is 9.08. The number of benzene rings is 2. The molecular weight excluding hydrogens is 470 g/mol. The van der Waals surface area contributed by atoms with Gasteiger partial charge in [-0.15, -0.1) is 5.92 Å². The summed E-state index contributed by atoms with van der Waals surface area (Å²) in [6.45, 7) is 11.0. The lowest BCUT2D eigenvalue weighted by Crippen LogP contribution is -2.29. The van der Waals surface area contributed by atoms with Crippen molar-refractivity contribution in [2.24, 2.45) is 5.73 Å². The Balaban J connectivity index is 0.000000599. The fourth-order valence-electron chi connectivity index (χ4n) is 5.19. The number of aliphatic hydroxyl groups is 1. The van der Waals surface area contributed by atoms with Crippen LogP contribution in [0.5, 0.6) is 5.75 Å². The van der Waals surface area contributed by atoms with Crippen molar-refractivity contribution < 1.29 is 14.6 Å². The molecule has 2 aromatic rings. The first-order valence-corrected chi connectivity index (χ1v) is 14.0. The summed E-state index contributed by atoms with van der Waals surface area (Å²) < 4.78 is 12.1. The van der Waals surface area contributed by atoms with Crippen LogP contribution < -0.4 is 10.5 Å². The van der Waals surface area contributed by atoms with Crippen LogP contribution in [0.3, 0.4) is 0 Å². The molecule has 4 nitrogen and oxygen atoms in total. The minimum Gasteiger partial charge on any atom is -0.513 e. The van der Waals surface area contributed by atoms with Gasteiger partial charge in [0.15, 0.2) is 0 Å². The van der Waals surface area contributed by atoms with Crippen LogP contribution in [0.4, 0.5) is 0 Å². The largest absolute Gasteiger partial charge is 0.513 e. The highest BCUT2D eigenvalue weighted by atomic mass is 16.5. The smallest absolute Gasteiger partial charge is 0.119 e. The Morgan fingerprint density at radius 3 is 2.55 bits per heavy atom. The van der Waals surface area contributed by atoms with Crippen LogP contribution in [0, 0.1) is 11.8 Å². The van der Waals surface area contributed by atoms with E-state index in [0.29, 0.717) is 19.1 Å². The number of ether oxygens (including phenoxy) is 2. The van der Waals surface area contributed by atoms with E-state index >= 15 is 0 Å². The number of nitrogens with two attached hydrogens (primary N) is 1. The monoisotopic (exact) mass is 515 g/mol. The quantitative estimate of drug-likeness (QED) is 0.262. The third-order valence-electron chi connectivity index (χ3n) is 7.24. The standard InChI is InChI=1S/C29H32O3.C5H13N/c1-3-6-26(19-22(2)30)24-9-11-28(12-10-24)31-21-23-7-4-8-27(20-23)25-13-16-29(17-14-25)15-5-18-32-29;1-3-4-5(2)6/h4,7-13,20,26,30H,2,5,14-19,21H2,1H3;5H,3-4,6H2,1-2H3. The molecule has 204 valence electrons. The summed E-state index contributed by atoms with van der Waals surface area (Å²) in [6.07, 6.45) is 10.8. The Morgan fingerprint density at radius 2 is 2.00 bits per heavy atom. The molecule has 1 saturated heterocycles. The summed E-state index contributed by atoms with van der Waals surface area (Å²) >= 11 is 0. The molecule has 4 heteroatoms. The predicted octanol–water partition coefficient (Wildman–Crippen LogP) is 8.08. The van der Waals surface area contributed by atoms with Gasteiger partial charge in [0, 0.05) is 19.1 Å². The average Bonchev–Trinajstić information content (AvgIpc) is 3.36. The summed E-state index contributed by atoms with van der Waals surface area (Å²) in [6, 6.07) is 17.0. The normalized spacial score (nSPS) is 19.8. The van der Waals surface area contributed by atoms with Gasteiger partial charge >= 0.3 is 0 Å². The molecule has 0 radical (unpaired) electrons. The van der Waals surface area contributed by atoms with Gasteiger partial charge in [0.1, 0.15) is 12.4 Å². The first kappa shape index (κ1) is 29.6. The summed E-state index contributed by atoms with van der Waals surface area (Å²) in [5.41, 5.74) is 10.4. The Hall–Kier alpha value is -3.00. The maximum Gasteiger partial charge on any atom is 0.119 e. The average molecular weight is 516 g/mol. The van der Waals surface area contributed by atoms with Gasteiger partial charge in [0.05, 0.1) is 17.3 Å². The van der Waals surface area contributed by atoms with E-state index in [4.69, 9.17) is 15.2 Å².